The molecule has 0 spiro atoms. The molecule has 0 saturated heterocycles. The molecule has 1 heterocycles. The second-order valence-corrected chi connectivity index (χ2v) is 5.77. The van der Waals surface area contributed by atoms with E-state index in [0.29, 0.717) is 6.54 Å². The highest BCUT2D eigenvalue weighted by molar-refractivity contribution is 7.07. The number of carbonyl (C=O) groups is 2. The van der Waals surface area contributed by atoms with E-state index >= 15 is 0 Å². The number of carbonyl (C=O) groups excluding carboxylic acids is 2. The fourth-order valence-corrected chi connectivity index (χ4v) is 2.40. The van der Waals surface area contributed by atoms with E-state index in [4.69, 9.17) is 0 Å². The average molecular weight is 283 g/mol. The van der Waals surface area contributed by atoms with Crippen LogP contribution in [-0.2, 0) is 16.1 Å². The summed E-state index contributed by atoms with van der Waals surface area (Å²) in [6.45, 7) is 6.23. The zero-order valence-corrected chi connectivity index (χ0v) is 12.7. The first-order chi connectivity index (χ1) is 8.90. The molecule has 1 rings (SSSR count). The monoisotopic (exact) mass is 283 g/mol. The molecule has 0 radical (unpaired) electrons. The van der Waals surface area contributed by atoms with E-state index in [0.717, 1.165) is 5.69 Å². The lowest BCUT2D eigenvalue weighted by Gasteiger charge is -2.21. The van der Waals surface area contributed by atoms with Gasteiger partial charge in [-0.2, -0.15) is 0 Å². The first-order valence-electron chi connectivity index (χ1n) is 6.25. The Kier molecular flexibility index (Phi) is 6.11. The summed E-state index contributed by atoms with van der Waals surface area (Å²) in [4.78, 5) is 29.4. The first-order valence-corrected chi connectivity index (χ1v) is 7.20. The third-order valence-corrected chi connectivity index (χ3v) is 3.39. The molecule has 0 aromatic carbocycles. The molecule has 5 nitrogen and oxygen atoms in total. The van der Waals surface area contributed by atoms with Crippen molar-refractivity contribution in [2.75, 3.05) is 13.6 Å². The van der Waals surface area contributed by atoms with Gasteiger partial charge >= 0.3 is 0 Å². The molecule has 1 amide bonds. The molecule has 1 aromatic heterocycles. The van der Waals surface area contributed by atoms with Crippen LogP contribution in [-0.4, -0.2) is 41.2 Å². The van der Waals surface area contributed by atoms with Gasteiger partial charge in [0.1, 0.15) is 0 Å². The van der Waals surface area contributed by atoms with Crippen LogP contribution >= 0.6 is 11.3 Å². The van der Waals surface area contributed by atoms with Crippen LogP contribution in [0.2, 0.25) is 0 Å². The van der Waals surface area contributed by atoms with Crippen molar-refractivity contribution in [1.82, 2.24) is 15.2 Å². The van der Waals surface area contributed by atoms with Crippen molar-refractivity contribution < 1.29 is 9.59 Å². The van der Waals surface area contributed by atoms with Crippen molar-refractivity contribution in [3.8, 4) is 0 Å². The van der Waals surface area contributed by atoms with Crippen LogP contribution in [0.3, 0.4) is 0 Å². The Labute approximate surface area is 118 Å². The van der Waals surface area contributed by atoms with Crippen LogP contribution in [0.25, 0.3) is 0 Å². The number of Topliss-reactive ketones (excluding diaryl/α,β-unsaturated/α-hetero) is 1. The average Bonchev–Trinajstić information content (AvgIpc) is 2.77. The zero-order valence-electron chi connectivity index (χ0n) is 11.8. The predicted molar refractivity (Wildman–Crippen MR) is 75.9 cm³/mol. The molecule has 0 aliphatic heterocycles. The lowest BCUT2D eigenvalue weighted by atomic mass is 10.0. The number of nitrogens with zero attached hydrogens (tertiary/aromatic N) is 2. The lowest BCUT2D eigenvalue weighted by molar-refractivity contribution is -0.128. The molecule has 19 heavy (non-hydrogen) atoms. The molecular formula is C13H21N3O2S. The number of aromatic nitrogens is 1. The summed E-state index contributed by atoms with van der Waals surface area (Å²) in [7, 11) is 1.86. The number of thiazole rings is 1. The highest BCUT2D eigenvalue weighted by Crippen LogP contribution is 2.05. The lowest BCUT2D eigenvalue weighted by Crippen LogP contribution is -2.46. The normalized spacial score (nSPS) is 12.7. The minimum absolute atomic E-state index is 0.00879. The quantitative estimate of drug-likeness (QED) is 0.819. The third-order valence-electron chi connectivity index (χ3n) is 2.75. The van der Waals surface area contributed by atoms with Gasteiger partial charge in [0, 0.05) is 11.9 Å². The van der Waals surface area contributed by atoms with E-state index in [1.807, 2.05) is 31.2 Å². The minimum atomic E-state index is -0.403. The predicted octanol–water partition coefficient (Wildman–Crippen LogP) is 1.30. The van der Waals surface area contributed by atoms with Gasteiger partial charge in [-0.3, -0.25) is 14.5 Å². The third kappa shape index (κ3) is 5.48. The van der Waals surface area contributed by atoms with E-state index in [-0.39, 0.29) is 24.2 Å². The molecule has 0 saturated carbocycles. The second-order valence-electron chi connectivity index (χ2n) is 5.05. The van der Waals surface area contributed by atoms with Crippen molar-refractivity contribution in [3.63, 3.8) is 0 Å². The maximum absolute atomic E-state index is 11.9. The van der Waals surface area contributed by atoms with Crippen molar-refractivity contribution in [3.05, 3.63) is 16.6 Å². The largest absolute Gasteiger partial charge is 0.345 e. The first kappa shape index (κ1) is 15.8. The van der Waals surface area contributed by atoms with Crippen LogP contribution in [0.15, 0.2) is 10.9 Å². The summed E-state index contributed by atoms with van der Waals surface area (Å²) < 4.78 is 0. The van der Waals surface area contributed by atoms with Crippen LogP contribution in [0.1, 0.15) is 26.5 Å². The molecule has 0 aliphatic carbocycles. The molecule has 1 unspecified atom stereocenters. The Hall–Kier alpha value is -1.27. The molecule has 6 heteroatoms. The van der Waals surface area contributed by atoms with E-state index in [2.05, 4.69) is 10.3 Å². The summed E-state index contributed by atoms with van der Waals surface area (Å²) in [5, 5.41) is 4.74. The van der Waals surface area contributed by atoms with E-state index < -0.39 is 6.04 Å². The molecule has 0 fully saturated rings. The number of amides is 1. The van der Waals surface area contributed by atoms with Crippen molar-refractivity contribution >= 4 is 23.0 Å². The van der Waals surface area contributed by atoms with E-state index in [1.54, 1.807) is 5.51 Å². The second kappa shape index (κ2) is 7.35. The Morgan fingerprint density at radius 1 is 1.47 bits per heavy atom. The van der Waals surface area contributed by atoms with Crippen LogP contribution in [0.5, 0.6) is 0 Å². The van der Waals surface area contributed by atoms with Gasteiger partial charge < -0.3 is 5.32 Å². The number of hydrogen-bond acceptors (Lipinski definition) is 5. The van der Waals surface area contributed by atoms with Crippen molar-refractivity contribution in [2.24, 2.45) is 5.92 Å². The van der Waals surface area contributed by atoms with Gasteiger partial charge in [-0.15, -0.1) is 11.3 Å². The number of ketones is 1. The maximum Gasteiger partial charge on any atom is 0.234 e. The van der Waals surface area contributed by atoms with Gasteiger partial charge in [0.2, 0.25) is 5.91 Å². The molecule has 106 valence electrons. The molecule has 0 aliphatic rings. The number of hydrogen-bond donors (Lipinski definition) is 1. The van der Waals surface area contributed by atoms with Gasteiger partial charge in [-0.1, -0.05) is 13.8 Å². The Bertz CT molecular complexity index is 418. The highest BCUT2D eigenvalue weighted by atomic mass is 32.1. The Balaban J connectivity index is 2.43. The van der Waals surface area contributed by atoms with Crippen molar-refractivity contribution in [1.29, 1.82) is 0 Å². The van der Waals surface area contributed by atoms with Gasteiger partial charge in [-0.25, -0.2) is 4.98 Å². The standard InChI is InChI=1S/C13H21N3O2S/c1-9(2)13(10(3)17)15-12(18)6-16(4)5-11-7-19-8-14-11/h7-9,13H,5-6H2,1-4H3,(H,15,18). The summed E-state index contributed by atoms with van der Waals surface area (Å²) in [5.41, 5.74) is 2.72. The van der Waals surface area contributed by atoms with Gasteiger partial charge in [0.15, 0.2) is 5.78 Å². The Morgan fingerprint density at radius 2 is 2.16 bits per heavy atom. The van der Waals surface area contributed by atoms with Gasteiger partial charge in [0.25, 0.3) is 0 Å². The molecule has 1 aromatic rings. The maximum atomic E-state index is 11.9. The smallest absolute Gasteiger partial charge is 0.234 e. The van der Waals surface area contributed by atoms with E-state index in [1.165, 1.54) is 18.3 Å². The van der Waals surface area contributed by atoms with Crippen LogP contribution < -0.4 is 5.32 Å². The molecule has 1 N–H and O–H groups in total. The number of nitrogens with one attached hydrogen (secondary N) is 1. The fourth-order valence-electron chi connectivity index (χ4n) is 1.85. The number of likely N-dealkylation sites (N-methyl/N-ethyl adjacent to an activating group) is 1. The molecule has 1 atom stereocenters. The van der Waals surface area contributed by atoms with Gasteiger partial charge in [-0.05, 0) is 19.9 Å². The molecular weight excluding hydrogens is 262 g/mol. The molecule has 0 bridgehead atoms. The zero-order chi connectivity index (χ0) is 14.4. The summed E-state index contributed by atoms with van der Waals surface area (Å²) in [6, 6.07) is -0.403. The topological polar surface area (TPSA) is 62.3 Å². The fraction of sp³-hybridized carbons (Fsp3) is 0.615. The summed E-state index contributed by atoms with van der Waals surface area (Å²) in [5.74, 6) is -0.0394. The summed E-state index contributed by atoms with van der Waals surface area (Å²) >= 11 is 1.54. The SMILES string of the molecule is CC(=O)C(NC(=O)CN(C)Cc1cscn1)C(C)C. The van der Waals surface area contributed by atoms with E-state index in [9.17, 15) is 9.59 Å². The summed E-state index contributed by atoms with van der Waals surface area (Å²) in [6.07, 6.45) is 0. The minimum Gasteiger partial charge on any atom is -0.345 e. The van der Waals surface area contributed by atoms with Crippen LogP contribution in [0.4, 0.5) is 0 Å². The Morgan fingerprint density at radius 3 is 2.63 bits per heavy atom. The van der Waals surface area contributed by atoms with Gasteiger partial charge in [0.05, 0.1) is 23.8 Å². The van der Waals surface area contributed by atoms with Crippen LogP contribution in [0, 0.1) is 5.92 Å². The number of rotatable bonds is 7. The highest BCUT2D eigenvalue weighted by Gasteiger charge is 2.21. The van der Waals surface area contributed by atoms with Crippen molar-refractivity contribution in [2.45, 2.75) is 33.4 Å².